The van der Waals surface area contributed by atoms with Crippen molar-refractivity contribution >= 4 is 36.0 Å². The second-order valence-corrected chi connectivity index (χ2v) is 6.72. The zero-order valence-electron chi connectivity index (χ0n) is 15.7. The minimum absolute atomic E-state index is 0. The number of guanidine groups is 1. The number of aliphatic imine (C=N–C) groups is 1. The Bertz CT molecular complexity index is 354. The molecule has 0 spiro atoms. The molecule has 1 atom stereocenters. The zero-order chi connectivity index (χ0) is 17.2. The van der Waals surface area contributed by atoms with Gasteiger partial charge < -0.3 is 20.7 Å². The van der Waals surface area contributed by atoms with Gasteiger partial charge in [0.2, 0.25) is 0 Å². The Morgan fingerprint density at radius 1 is 1.17 bits per heavy atom. The van der Waals surface area contributed by atoms with Crippen molar-refractivity contribution in [2.75, 3.05) is 19.6 Å². The van der Waals surface area contributed by atoms with Gasteiger partial charge in [-0.1, -0.05) is 13.8 Å². The molecule has 138 valence electrons. The van der Waals surface area contributed by atoms with Gasteiger partial charge in [-0.3, -0.25) is 4.99 Å². The highest BCUT2D eigenvalue weighted by molar-refractivity contribution is 14.0. The summed E-state index contributed by atoms with van der Waals surface area (Å²) in [5, 5.41) is 9.33. The van der Waals surface area contributed by atoms with Gasteiger partial charge in [-0.2, -0.15) is 0 Å². The first-order valence-electron chi connectivity index (χ1n) is 8.17. The van der Waals surface area contributed by atoms with E-state index in [9.17, 15) is 4.79 Å². The molecule has 0 radical (unpaired) electrons. The number of carbonyl (C=O) groups excluding carboxylic acids is 1. The fourth-order valence-corrected chi connectivity index (χ4v) is 1.48. The molecule has 6 nitrogen and oxygen atoms in total. The third-order valence-electron chi connectivity index (χ3n) is 2.98. The fraction of sp³-hybridized carbons (Fsp3) is 0.875. The number of nitrogens with zero attached hydrogens (tertiary/aromatic N) is 1. The standard InChI is InChI=1S/C16H34N4O2.HI/c1-8-17-14(20-13(4)12(2)3)18-10-9-11-19-15(21)22-16(5,6)7;/h12-13H,8-11H2,1-7H3,(H,19,21)(H2,17,18,20);1H. The molecular weight excluding hydrogens is 407 g/mol. The van der Waals surface area contributed by atoms with Crippen LogP contribution in [0, 0.1) is 5.92 Å². The van der Waals surface area contributed by atoms with Crippen LogP contribution in [0.15, 0.2) is 4.99 Å². The molecule has 0 saturated carbocycles. The van der Waals surface area contributed by atoms with Gasteiger partial charge >= 0.3 is 6.09 Å². The van der Waals surface area contributed by atoms with Crippen molar-refractivity contribution in [1.29, 1.82) is 0 Å². The monoisotopic (exact) mass is 442 g/mol. The highest BCUT2D eigenvalue weighted by Gasteiger charge is 2.15. The summed E-state index contributed by atoms with van der Waals surface area (Å²) in [4.78, 5) is 16.0. The van der Waals surface area contributed by atoms with Gasteiger partial charge in [0.15, 0.2) is 5.96 Å². The zero-order valence-corrected chi connectivity index (χ0v) is 18.0. The second-order valence-electron chi connectivity index (χ2n) is 6.72. The Morgan fingerprint density at radius 3 is 2.26 bits per heavy atom. The van der Waals surface area contributed by atoms with E-state index < -0.39 is 5.60 Å². The lowest BCUT2D eigenvalue weighted by Gasteiger charge is -2.21. The Morgan fingerprint density at radius 2 is 1.78 bits per heavy atom. The molecule has 1 unspecified atom stereocenters. The number of ether oxygens (including phenoxy) is 1. The molecule has 0 saturated heterocycles. The van der Waals surface area contributed by atoms with E-state index in [1.54, 1.807) is 0 Å². The summed E-state index contributed by atoms with van der Waals surface area (Å²) >= 11 is 0. The molecule has 7 heteroatoms. The molecule has 0 aliphatic carbocycles. The van der Waals surface area contributed by atoms with Crippen molar-refractivity contribution in [1.82, 2.24) is 16.0 Å². The highest BCUT2D eigenvalue weighted by Crippen LogP contribution is 2.06. The summed E-state index contributed by atoms with van der Waals surface area (Å²) in [5.74, 6) is 1.36. The number of halogens is 1. The van der Waals surface area contributed by atoms with Crippen molar-refractivity contribution in [3.05, 3.63) is 0 Å². The molecular formula is C16H35IN4O2. The van der Waals surface area contributed by atoms with Gasteiger partial charge in [0, 0.05) is 25.7 Å². The van der Waals surface area contributed by atoms with Gasteiger partial charge in [-0.05, 0) is 47.0 Å². The van der Waals surface area contributed by atoms with Crippen molar-refractivity contribution < 1.29 is 9.53 Å². The molecule has 0 heterocycles. The van der Waals surface area contributed by atoms with Gasteiger partial charge in [-0.15, -0.1) is 24.0 Å². The number of carbonyl (C=O) groups is 1. The fourth-order valence-electron chi connectivity index (χ4n) is 1.48. The van der Waals surface area contributed by atoms with Gasteiger partial charge in [0.1, 0.15) is 5.60 Å². The molecule has 0 aromatic heterocycles. The molecule has 23 heavy (non-hydrogen) atoms. The van der Waals surface area contributed by atoms with Crippen LogP contribution >= 0.6 is 24.0 Å². The summed E-state index contributed by atoms with van der Waals surface area (Å²) in [7, 11) is 0. The maximum Gasteiger partial charge on any atom is 0.407 e. The highest BCUT2D eigenvalue weighted by atomic mass is 127. The molecule has 0 aromatic carbocycles. The van der Waals surface area contributed by atoms with Gasteiger partial charge in [-0.25, -0.2) is 4.79 Å². The molecule has 0 aliphatic heterocycles. The molecule has 0 bridgehead atoms. The van der Waals surface area contributed by atoms with Crippen LogP contribution in [0.5, 0.6) is 0 Å². The summed E-state index contributed by atoms with van der Waals surface area (Å²) in [6, 6.07) is 0.359. The van der Waals surface area contributed by atoms with E-state index in [4.69, 9.17) is 4.74 Å². The van der Waals surface area contributed by atoms with E-state index in [-0.39, 0.29) is 30.1 Å². The minimum atomic E-state index is -0.461. The summed E-state index contributed by atoms with van der Waals surface area (Å²) in [5.41, 5.74) is -0.461. The molecule has 0 rings (SSSR count). The largest absolute Gasteiger partial charge is 0.444 e. The van der Waals surface area contributed by atoms with Crippen molar-refractivity contribution in [3.8, 4) is 0 Å². The number of amides is 1. The molecule has 0 fully saturated rings. The van der Waals surface area contributed by atoms with Crippen LogP contribution in [0.1, 0.15) is 54.9 Å². The van der Waals surface area contributed by atoms with Crippen molar-refractivity contribution in [2.45, 2.75) is 66.5 Å². The van der Waals surface area contributed by atoms with Crippen LogP contribution in [0.25, 0.3) is 0 Å². The van der Waals surface area contributed by atoms with Gasteiger partial charge in [0.05, 0.1) is 0 Å². The molecule has 1 amide bonds. The van der Waals surface area contributed by atoms with Crippen molar-refractivity contribution in [2.24, 2.45) is 10.9 Å². The van der Waals surface area contributed by atoms with Crippen LogP contribution < -0.4 is 16.0 Å². The van der Waals surface area contributed by atoms with Crippen molar-refractivity contribution in [3.63, 3.8) is 0 Å². The lowest BCUT2D eigenvalue weighted by Crippen LogP contribution is -2.44. The van der Waals surface area contributed by atoms with Crippen LogP contribution in [0.2, 0.25) is 0 Å². The maximum absolute atomic E-state index is 11.5. The van der Waals surface area contributed by atoms with E-state index in [2.05, 4.69) is 41.7 Å². The average Bonchev–Trinajstić information content (AvgIpc) is 2.36. The second kappa shape index (κ2) is 12.7. The SMILES string of the molecule is CCNC(=NCCCNC(=O)OC(C)(C)C)NC(C)C(C)C.I. The number of hydrogen-bond acceptors (Lipinski definition) is 3. The summed E-state index contributed by atoms with van der Waals surface area (Å²) in [6.07, 6.45) is 0.390. The molecule has 0 aromatic rings. The predicted octanol–water partition coefficient (Wildman–Crippen LogP) is 3.12. The third kappa shape index (κ3) is 14.6. The third-order valence-corrected chi connectivity index (χ3v) is 2.98. The number of rotatable bonds is 7. The Kier molecular flexibility index (Phi) is 13.5. The first-order valence-corrected chi connectivity index (χ1v) is 8.17. The van der Waals surface area contributed by atoms with Crippen LogP contribution in [-0.4, -0.2) is 43.3 Å². The quantitative estimate of drug-likeness (QED) is 0.245. The number of alkyl carbamates (subject to hydrolysis) is 1. The minimum Gasteiger partial charge on any atom is -0.444 e. The summed E-state index contributed by atoms with van der Waals surface area (Å²) in [6.45, 7) is 16.1. The molecule has 3 N–H and O–H groups in total. The first kappa shape index (κ1) is 24.5. The normalized spacial score (nSPS) is 13.1. The number of hydrogen-bond donors (Lipinski definition) is 3. The Hall–Kier alpha value is -0.730. The topological polar surface area (TPSA) is 74.8 Å². The van der Waals surface area contributed by atoms with E-state index in [0.717, 1.165) is 18.9 Å². The number of nitrogens with one attached hydrogen (secondary N) is 3. The van der Waals surface area contributed by atoms with Crippen LogP contribution in [-0.2, 0) is 4.74 Å². The lowest BCUT2D eigenvalue weighted by atomic mass is 10.1. The lowest BCUT2D eigenvalue weighted by molar-refractivity contribution is 0.0527. The Labute approximate surface area is 158 Å². The van der Waals surface area contributed by atoms with Gasteiger partial charge in [0.25, 0.3) is 0 Å². The van der Waals surface area contributed by atoms with E-state index in [1.807, 2.05) is 27.7 Å². The van der Waals surface area contributed by atoms with Crippen LogP contribution in [0.4, 0.5) is 4.79 Å². The van der Waals surface area contributed by atoms with E-state index >= 15 is 0 Å². The van der Waals surface area contributed by atoms with Crippen LogP contribution in [0.3, 0.4) is 0 Å². The smallest absolute Gasteiger partial charge is 0.407 e. The Balaban J connectivity index is 0. The predicted molar refractivity (Wildman–Crippen MR) is 108 cm³/mol. The van der Waals surface area contributed by atoms with E-state index in [0.29, 0.717) is 25.0 Å². The van der Waals surface area contributed by atoms with E-state index in [1.165, 1.54) is 0 Å². The first-order chi connectivity index (χ1) is 10.2. The summed E-state index contributed by atoms with van der Waals surface area (Å²) < 4.78 is 5.17. The maximum atomic E-state index is 11.5. The average molecular weight is 442 g/mol. The molecule has 0 aliphatic rings.